The van der Waals surface area contributed by atoms with E-state index in [-0.39, 0.29) is 17.6 Å². The summed E-state index contributed by atoms with van der Waals surface area (Å²) < 4.78 is 14.4. The molecule has 5 nitrogen and oxygen atoms in total. The lowest BCUT2D eigenvalue weighted by Gasteiger charge is -2.26. The van der Waals surface area contributed by atoms with Gasteiger partial charge in [0.25, 0.3) is 0 Å². The molecule has 2 N–H and O–H groups in total. The predicted molar refractivity (Wildman–Crippen MR) is 101 cm³/mol. The van der Waals surface area contributed by atoms with Gasteiger partial charge in [0.2, 0.25) is 11.9 Å². The van der Waals surface area contributed by atoms with E-state index in [1.807, 2.05) is 25.1 Å². The number of ketones is 1. The molecule has 1 unspecified atom stereocenters. The summed E-state index contributed by atoms with van der Waals surface area (Å²) in [6, 6.07) is 9.26. The van der Waals surface area contributed by atoms with Crippen LogP contribution in [0.4, 0.5) is 10.3 Å². The van der Waals surface area contributed by atoms with Gasteiger partial charge in [-0.25, -0.2) is 15.0 Å². The molecule has 0 saturated carbocycles. The van der Waals surface area contributed by atoms with Crippen LogP contribution < -0.4 is 5.73 Å². The van der Waals surface area contributed by atoms with Crippen molar-refractivity contribution < 1.29 is 9.18 Å². The molecule has 1 atom stereocenters. The molecule has 27 heavy (non-hydrogen) atoms. The number of hydrogen-bond acceptors (Lipinski definition) is 5. The summed E-state index contributed by atoms with van der Waals surface area (Å²) in [6.07, 6.45) is 2.33. The number of carbonyl (C=O) groups is 1. The van der Waals surface area contributed by atoms with Crippen molar-refractivity contribution >= 4 is 11.7 Å². The first kappa shape index (κ1) is 17.3. The first-order valence-corrected chi connectivity index (χ1v) is 8.82. The lowest BCUT2D eigenvalue weighted by molar-refractivity contribution is 0.0962. The number of nitrogens with zero attached hydrogens (tertiary/aromatic N) is 3. The molecule has 0 bridgehead atoms. The third-order valence-corrected chi connectivity index (χ3v) is 5.11. The van der Waals surface area contributed by atoms with Gasteiger partial charge in [0.1, 0.15) is 0 Å². The molecule has 1 aliphatic carbocycles. The third-order valence-electron chi connectivity index (χ3n) is 5.11. The Morgan fingerprint density at radius 2 is 1.89 bits per heavy atom. The van der Waals surface area contributed by atoms with Crippen molar-refractivity contribution in [3.63, 3.8) is 0 Å². The molecule has 1 aliphatic rings. The molecule has 2 heterocycles. The summed E-state index contributed by atoms with van der Waals surface area (Å²) in [7, 11) is 0. The monoisotopic (exact) mass is 362 g/mol. The molecule has 4 rings (SSSR count). The fourth-order valence-corrected chi connectivity index (χ4v) is 3.99. The van der Waals surface area contributed by atoms with Crippen LogP contribution in [-0.2, 0) is 6.42 Å². The van der Waals surface area contributed by atoms with E-state index in [0.717, 1.165) is 16.7 Å². The number of pyridine rings is 1. The minimum absolute atomic E-state index is 0.00198. The quantitative estimate of drug-likeness (QED) is 0.702. The van der Waals surface area contributed by atoms with E-state index in [0.29, 0.717) is 35.4 Å². The number of hydrogen-bond donors (Lipinski definition) is 1. The number of aryl methyl sites for hydroxylation is 2. The summed E-state index contributed by atoms with van der Waals surface area (Å²) in [5.41, 5.74) is 10.7. The van der Waals surface area contributed by atoms with Gasteiger partial charge in [0.15, 0.2) is 5.78 Å². The molecule has 6 heteroatoms. The third kappa shape index (κ3) is 2.97. The van der Waals surface area contributed by atoms with Crippen LogP contribution in [0.2, 0.25) is 0 Å². The standard InChI is InChI=1S/C21H19FN4O/c1-11-5-3-6-14(18(11)15-7-4-8-24-20(15)22)13-9-16-19(17(27)10-13)12(2)25-21(23)26-16/h3-8,13H,9-10H2,1-2H3,(H2,23,25,26). The summed E-state index contributed by atoms with van der Waals surface area (Å²) in [6.45, 7) is 3.71. The second kappa shape index (κ2) is 6.54. The molecular formula is C21H19FN4O. The number of anilines is 1. The largest absolute Gasteiger partial charge is 0.368 e. The fraction of sp³-hybridized carbons (Fsp3) is 0.238. The predicted octanol–water partition coefficient (Wildman–Crippen LogP) is 3.79. The molecule has 2 aromatic heterocycles. The average molecular weight is 362 g/mol. The average Bonchev–Trinajstić information content (AvgIpc) is 2.61. The Morgan fingerprint density at radius 1 is 1.07 bits per heavy atom. The van der Waals surface area contributed by atoms with Gasteiger partial charge in [-0.2, -0.15) is 4.39 Å². The Hall–Kier alpha value is -3.15. The fourth-order valence-electron chi connectivity index (χ4n) is 3.99. The van der Waals surface area contributed by atoms with Crippen LogP contribution in [0, 0.1) is 19.8 Å². The van der Waals surface area contributed by atoms with Crippen molar-refractivity contribution in [2.45, 2.75) is 32.6 Å². The number of Topliss-reactive ketones (excluding diaryl/α,β-unsaturated/α-hetero) is 1. The number of benzene rings is 1. The van der Waals surface area contributed by atoms with Crippen molar-refractivity contribution in [2.24, 2.45) is 0 Å². The van der Waals surface area contributed by atoms with Gasteiger partial charge in [-0.3, -0.25) is 4.79 Å². The second-order valence-electron chi connectivity index (χ2n) is 6.90. The molecule has 0 spiro atoms. The van der Waals surface area contributed by atoms with Gasteiger partial charge >= 0.3 is 0 Å². The number of nitrogen functional groups attached to an aromatic ring is 1. The van der Waals surface area contributed by atoms with Crippen molar-refractivity contribution in [1.82, 2.24) is 15.0 Å². The SMILES string of the molecule is Cc1cccc(C2CC(=O)c3c(C)nc(N)nc3C2)c1-c1cccnc1F. The number of aromatic nitrogens is 3. The van der Waals surface area contributed by atoms with Gasteiger partial charge in [-0.05, 0) is 55.0 Å². The van der Waals surface area contributed by atoms with Crippen LogP contribution in [0.1, 0.15) is 45.2 Å². The van der Waals surface area contributed by atoms with Crippen molar-refractivity contribution in [1.29, 1.82) is 0 Å². The minimum atomic E-state index is -0.516. The smallest absolute Gasteiger partial charge is 0.220 e. The topological polar surface area (TPSA) is 81.8 Å². The highest BCUT2D eigenvalue weighted by atomic mass is 19.1. The zero-order valence-electron chi connectivity index (χ0n) is 15.2. The molecule has 0 radical (unpaired) electrons. The van der Waals surface area contributed by atoms with Gasteiger partial charge in [0.05, 0.1) is 17.0 Å². The Kier molecular flexibility index (Phi) is 4.18. The maximum Gasteiger partial charge on any atom is 0.220 e. The molecule has 0 fully saturated rings. The lowest BCUT2D eigenvalue weighted by Crippen LogP contribution is -2.23. The zero-order chi connectivity index (χ0) is 19.1. The molecule has 136 valence electrons. The summed E-state index contributed by atoms with van der Waals surface area (Å²) in [4.78, 5) is 25.0. The number of fused-ring (bicyclic) bond motifs is 1. The minimum Gasteiger partial charge on any atom is -0.368 e. The Balaban J connectivity index is 1.85. The van der Waals surface area contributed by atoms with Crippen LogP contribution in [0.25, 0.3) is 11.1 Å². The maximum absolute atomic E-state index is 14.4. The van der Waals surface area contributed by atoms with Crippen molar-refractivity contribution in [3.05, 3.63) is 70.6 Å². The highest BCUT2D eigenvalue weighted by Gasteiger charge is 2.31. The first-order chi connectivity index (χ1) is 13.0. The van der Waals surface area contributed by atoms with Crippen LogP contribution in [0.3, 0.4) is 0 Å². The van der Waals surface area contributed by atoms with E-state index in [1.165, 1.54) is 6.20 Å². The van der Waals surface area contributed by atoms with Gasteiger partial charge < -0.3 is 5.73 Å². The second-order valence-corrected chi connectivity index (χ2v) is 6.90. The lowest BCUT2D eigenvalue weighted by atomic mass is 9.78. The number of carbonyl (C=O) groups excluding carboxylic acids is 1. The van der Waals surface area contributed by atoms with Crippen molar-refractivity contribution in [3.8, 4) is 11.1 Å². The van der Waals surface area contributed by atoms with E-state index in [1.54, 1.807) is 19.1 Å². The summed E-state index contributed by atoms with van der Waals surface area (Å²) >= 11 is 0. The Morgan fingerprint density at radius 3 is 2.67 bits per heavy atom. The van der Waals surface area contributed by atoms with Gasteiger partial charge in [-0.1, -0.05) is 18.2 Å². The van der Waals surface area contributed by atoms with Gasteiger partial charge in [0, 0.05) is 18.2 Å². The van der Waals surface area contributed by atoms with Crippen LogP contribution in [0.15, 0.2) is 36.5 Å². The highest BCUT2D eigenvalue weighted by molar-refractivity contribution is 6.00. The molecule has 3 aromatic rings. The normalized spacial score (nSPS) is 16.3. The molecule has 0 aliphatic heterocycles. The van der Waals surface area contributed by atoms with E-state index >= 15 is 0 Å². The first-order valence-electron chi connectivity index (χ1n) is 8.82. The van der Waals surface area contributed by atoms with Crippen LogP contribution in [-0.4, -0.2) is 20.7 Å². The Bertz CT molecular complexity index is 1060. The van der Waals surface area contributed by atoms with E-state index in [4.69, 9.17) is 5.73 Å². The number of nitrogens with two attached hydrogens (primary N) is 1. The van der Waals surface area contributed by atoms with Crippen molar-refractivity contribution in [2.75, 3.05) is 5.73 Å². The van der Waals surface area contributed by atoms with Gasteiger partial charge in [-0.15, -0.1) is 0 Å². The Labute approximate surface area is 156 Å². The molecule has 1 aromatic carbocycles. The number of halogens is 1. The molecule has 0 amide bonds. The highest BCUT2D eigenvalue weighted by Crippen LogP contribution is 2.39. The maximum atomic E-state index is 14.4. The van der Waals surface area contributed by atoms with E-state index in [9.17, 15) is 9.18 Å². The summed E-state index contributed by atoms with van der Waals surface area (Å²) in [5.74, 6) is -0.452. The van der Waals surface area contributed by atoms with Crippen LogP contribution in [0.5, 0.6) is 0 Å². The van der Waals surface area contributed by atoms with Crippen LogP contribution >= 0.6 is 0 Å². The van der Waals surface area contributed by atoms with E-state index < -0.39 is 5.95 Å². The van der Waals surface area contributed by atoms with E-state index in [2.05, 4.69) is 15.0 Å². The summed E-state index contributed by atoms with van der Waals surface area (Å²) in [5, 5.41) is 0. The zero-order valence-corrected chi connectivity index (χ0v) is 15.2. The molecule has 0 saturated heterocycles. The number of rotatable bonds is 2. The molecular weight excluding hydrogens is 343 g/mol.